The summed E-state index contributed by atoms with van der Waals surface area (Å²) in [6.07, 6.45) is 2.67. The zero-order chi connectivity index (χ0) is 13.4. The molecule has 0 amide bonds. The minimum absolute atomic E-state index is 0.0584. The van der Waals surface area contributed by atoms with Gasteiger partial charge in [-0.3, -0.25) is 0 Å². The van der Waals surface area contributed by atoms with Gasteiger partial charge >= 0.3 is 5.97 Å². The van der Waals surface area contributed by atoms with Crippen LogP contribution in [0.2, 0.25) is 0 Å². The average Bonchev–Trinajstić information content (AvgIpc) is 2.38. The summed E-state index contributed by atoms with van der Waals surface area (Å²) in [6.45, 7) is 5.61. The Morgan fingerprint density at radius 2 is 2.00 bits per heavy atom. The summed E-state index contributed by atoms with van der Waals surface area (Å²) in [7, 11) is 0. The van der Waals surface area contributed by atoms with Crippen molar-refractivity contribution in [3.63, 3.8) is 0 Å². The Morgan fingerprint density at radius 1 is 1.33 bits per heavy atom. The maximum Gasteiger partial charge on any atom is 0.333 e. The van der Waals surface area contributed by atoms with Gasteiger partial charge in [-0.2, -0.15) is 0 Å². The van der Waals surface area contributed by atoms with Crippen molar-refractivity contribution in [1.82, 2.24) is 0 Å². The number of rotatable bonds is 7. The van der Waals surface area contributed by atoms with E-state index in [1.165, 1.54) is 0 Å². The van der Waals surface area contributed by atoms with Crippen molar-refractivity contribution < 1.29 is 9.53 Å². The molecule has 3 nitrogen and oxygen atoms in total. The van der Waals surface area contributed by atoms with E-state index in [1.54, 1.807) is 6.92 Å². The number of hydrogen-bond donors (Lipinski definition) is 1. The molecule has 1 aromatic carbocycles. The molecule has 0 saturated heterocycles. The van der Waals surface area contributed by atoms with Crippen LogP contribution in [0.5, 0.6) is 0 Å². The fourth-order valence-electron chi connectivity index (χ4n) is 1.62. The van der Waals surface area contributed by atoms with Gasteiger partial charge in [0, 0.05) is 11.6 Å². The van der Waals surface area contributed by atoms with Gasteiger partial charge in [0.1, 0.15) is 0 Å². The SMILES string of the molecule is C=C(C)C(=O)OCCCCC(N)c1ccccc1. The van der Waals surface area contributed by atoms with Crippen LogP contribution in [0.25, 0.3) is 0 Å². The predicted octanol–water partition coefficient (Wildman–Crippen LogP) is 2.98. The molecule has 0 bridgehead atoms. The Bertz CT molecular complexity index is 387. The van der Waals surface area contributed by atoms with Gasteiger partial charge in [0.2, 0.25) is 0 Å². The van der Waals surface area contributed by atoms with Crippen LogP contribution < -0.4 is 5.73 Å². The lowest BCUT2D eigenvalue weighted by Crippen LogP contribution is -2.11. The highest BCUT2D eigenvalue weighted by Gasteiger charge is 2.06. The molecule has 1 atom stereocenters. The van der Waals surface area contributed by atoms with Crippen molar-refractivity contribution in [1.29, 1.82) is 0 Å². The lowest BCUT2D eigenvalue weighted by atomic mass is 10.0. The molecule has 1 rings (SSSR count). The second-order valence-electron chi connectivity index (χ2n) is 4.43. The predicted molar refractivity (Wildman–Crippen MR) is 73.0 cm³/mol. The van der Waals surface area contributed by atoms with Crippen molar-refractivity contribution in [2.45, 2.75) is 32.2 Å². The van der Waals surface area contributed by atoms with Gasteiger partial charge in [-0.25, -0.2) is 4.79 Å². The van der Waals surface area contributed by atoms with E-state index in [2.05, 4.69) is 6.58 Å². The van der Waals surface area contributed by atoms with Crippen LogP contribution in [0.3, 0.4) is 0 Å². The molecule has 0 aromatic heterocycles. The molecule has 0 aliphatic heterocycles. The Balaban J connectivity index is 2.15. The number of carbonyl (C=O) groups excluding carboxylic acids is 1. The van der Waals surface area contributed by atoms with Crippen molar-refractivity contribution in [3.05, 3.63) is 48.0 Å². The third kappa shape index (κ3) is 5.15. The smallest absolute Gasteiger partial charge is 0.333 e. The number of unbranched alkanes of at least 4 members (excludes halogenated alkanes) is 1. The summed E-state index contributed by atoms with van der Waals surface area (Å²) in [6, 6.07) is 10.1. The first-order valence-corrected chi connectivity index (χ1v) is 6.24. The third-order valence-electron chi connectivity index (χ3n) is 2.72. The van der Waals surface area contributed by atoms with E-state index in [-0.39, 0.29) is 12.0 Å². The molecular weight excluding hydrogens is 226 g/mol. The first kappa shape index (κ1) is 14.5. The number of nitrogens with two attached hydrogens (primary N) is 1. The minimum atomic E-state index is -0.317. The van der Waals surface area contributed by atoms with Gasteiger partial charge < -0.3 is 10.5 Å². The highest BCUT2D eigenvalue weighted by Crippen LogP contribution is 2.16. The van der Waals surface area contributed by atoms with Crippen LogP contribution in [0.15, 0.2) is 42.5 Å². The standard InChI is InChI=1S/C15H21NO2/c1-12(2)15(17)18-11-7-6-10-14(16)13-8-4-3-5-9-13/h3-5,8-9,14H,1,6-7,10-11,16H2,2H3. The molecule has 0 heterocycles. The molecule has 3 heteroatoms. The van der Waals surface area contributed by atoms with E-state index >= 15 is 0 Å². The van der Waals surface area contributed by atoms with E-state index in [4.69, 9.17) is 10.5 Å². The molecule has 1 aromatic rings. The Labute approximate surface area is 109 Å². The fraction of sp³-hybridized carbons (Fsp3) is 0.400. The summed E-state index contributed by atoms with van der Waals surface area (Å²) >= 11 is 0. The Kier molecular flexibility index (Phi) is 6.15. The van der Waals surface area contributed by atoms with Gasteiger partial charge in [-0.1, -0.05) is 36.9 Å². The molecule has 98 valence electrons. The molecule has 1 unspecified atom stereocenters. The summed E-state index contributed by atoms with van der Waals surface area (Å²) in [5.74, 6) is -0.317. The molecule has 0 aliphatic rings. The van der Waals surface area contributed by atoms with Gasteiger partial charge in [0.25, 0.3) is 0 Å². The van der Waals surface area contributed by atoms with Crippen molar-refractivity contribution >= 4 is 5.97 Å². The Morgan fingerprint density at radius 3 is 2.61 bits per heavy atom. The van der Waals surface area contributed by atoms with E-state index in [9.17, 15) is 4.79 Å². The molecule has 0 fully saturated rings. The first-order valence-electron chi connectivity index (χ1n) is 6.24. The van der Waals surface area contributed by atoms with Crippen LogP contribution in [-0.4, -0.2) is 12.6 Å². The fourth-order valence-corrected chi connectivity index (χ4v) is 1.62. The molecule has 18 heavy (non-hydrogen) atoms. The van der Waals surface area contributed by atoms with Crippen LogP contribution in [0.4, 0.5) is 0 Å². The van der Waals surface area contributed by atoms with E-state index in [1.807, 2.05) is 30.3 Å². The number of benzene rings is 1. The summed E-state index contributed by atoms with van der Waals surface area (Å²) in [4.78, 5) is 11.1. The van der Waals surface area contributed by atoms with Crippen molar-refractivity contribution in [2.24, 2.45) is 5.73 Å². The topological polar surface area (TPSA) is 52.3 Å². The zero-order valence-corrected chi connectivity index (χ0v) is 10.9. The minimum Gasteiger partial charge on any atom is -0.462 e. The van der Waals surface area contributed by atoms with Gasteiger partial charge in [-0.15, -0.1) is 0 Å². The van der Waals surface area contributed by atoms with Crippen molar-refractivity contribution in [3.8, 4) is 0 Å². The number of esters is 1. The normalized spacial score (nSPS) is 11.9. The summed E-state index contributed by atoms with van der Waals surface area (Å²) < 4.78 is 5.01. The van der Waals surface area contributed by atoms with Crippen LogP contribution in [0.1, 0.15) is 37.8 Å². The molecular formula is C15H21NO2. The van der Waals surface area contributed by atoms with Crippen LogP contribution >= 0.6 is 0 Å². The number of ether oxygens (including phenoxy) is 1. The van der Waals surface area contributed by atoms with Gasteiger partial charge in [0.15, 0.2) is 0 Å². The Hall–Kier alpha value is -1.61. The third-order valence-corrected chi connectivity index (χ3v) is 2.72. The summed E-state index contributed by atoms with van der Waals surface area (Å²) in [5, 5.41) is 0. The number of hydrogen-bond acceptors (Lipinski definition) is 3. The quantitative estimate of drug-likeness (QED) is 0.458. The lowest BCUT2D eigenvalue weighted by Gasteiger charge is -2.11. The lowest BCUT2D eigenvalue weighted by molar-refractivity contribution is -0.139. The number of carbonyl (C=O) groups is 1. The van der Waals surface area contributed by atoms with Crippen LogP contribution in [0, 0.1) is 0 Å². The summed E-state index contributed by atoms with van der Waals surface area (Å²) in [5.41, 5.74) is 7.65. The monoisotopic (exact) mass is 247 g/mol. The van der Waals surface area contributed by atoms with E-state index < -0.39 is 0 Å². The first-order chi connectivity index (χ1) is 8.61. The largest absolute Gasteiger partial charge is 0.462 e. The highest BCUT2D eigenvalue weighted by molar-refractivity contribution is 5.86. The zero-order valence-electron chi connectivity index (χ0n) is 10.9. The highest BCUT2D eigenvalue weighted by atomic mass is 16.5. The van der Waals surface area contributed by atoms with E-state index in [0.29, 0.717) is 12.2 Å². The molecule has 0 saturated carbocycles. The van der Waals surface area contributed by atoms with Crippen molar-refractivity contribution in [2.75, 3.05) is 6.61 Å². The van der Waals surface area contributed by atoms with Gasteiger partial charge in [0.05, 0.1) is 6.61 Å². The molecule has 0 radical (unpaired) electrons. The van der Waals surface area contributed by atoms with Gasteiger partial charge in [-0.05, 0) is 31.7 Å². The molecule has 0 aliphatic carbocycles. The second kappa shape index (κ2) is 7.67. The maximum absolute atomic E-state index is 11.1. The molecule has 2 N–H and O–H groups in total. The maximum atomic E-state index is 11.1. The van der Waals surface area contributed by atoms with E-state index in [0.717, 1.165) is 24.8 Å². The second-order valence-corrected chi connectivity index (χ2v) is 4.43. The average molecular weight is 247 g/mol. The molecule has 0 spiro atoms. The van der Waals surface area contributed by atoms with Crippen LogP contribution in [-0.2, 0) is 9.53 Å².